The lowest BCUT2D eigenvalue weighted by Gasteiger charge is -2.30. The van der Waals surface area contributed by atoms with Crippen molar-refractivity contribution >= 4 is 21.7 Å². The molecule has 0 saturated carbocycles. The van der Waals surface area contributed by atoms with Crippen LogP contribution in [0.4, 0.5) is 0 Å². The molecule has 0 unspecified atom stereocenters. The van der Waals surface area contributed by atoms with E-state index in [0.717, 1.165) is 0 Å². The number of fused-ring (bicyclic) bond motifs is 1. The molecular formula is C15H22N2O4S. The maximum absolute atomic E-state index is 12.5. The van der Waals surface area contributed by atoms with Crippen LogP contribution in [0.5, 0.6) is 0 Å². The first-order valence-corrected chi connectivity index (χ1v) is 9.70. The Morgan fingerprint density at radius 1 is 1.18 bits per heavy atom. The topological polar surface area (TPSA) is 74.8 Å². The quantitative estimate of drug-likeness (QED) is 0.552. The van der Waals surface area contributed by atoms with Gasteiger partial charge in [0.25, 0.3) is 0 Å². The lowest BCUT2D eigenvalue weighted by Crippen LogP contribution is -2.46. The van der Waals surface area contributed by atoms with Gasteiger partial charge in [-0.25, -0.2) is 8.42 Å². The van der Waals surface area contributed by atoms with E-state index in [0.29, 0.717) is 25.8 Å². The zero-order valence-corrected chi connectivity index (χ0v) is 13.6. The van der Waals surface area contributed by atoms with Crippen LogP contribution in [-0.2, 0) is 19.4 Å². The second-order valence-corrected chi connectivity index (χ2v) is 8.59. The summed E-state index contributed by atoms with van der Waals surface area (Å²) in [7, 11) is -2.97. The zero-order chi connectivity index (χ0) is 15.9. The van der Waals surface area contributed by atoms with E-state index in [4.69, 9.17) is 0 Å². The minimum Gasteiger partial charge on any atom is -0.282 e. The molecule has 3 aliphatic rings. The zero-order valence-electron chi connectivity index (χ0n) is 12.8. The van der Waals surface area contributed by atoms with Crippen molar-refractivity contribution in [1.29, 1.82) is 0 Å². The number of carbonyl (C=O) groups is 2. The maximum Gasteiger partial charge on any atom is 0.234 e. The lowest BCUT2D eigenvalue weighted by molar-refractivity contribution is -0.142. The minimum atomic E-state index is -2.97. The van der Waals surface area contributed by atoms with Gasteiger partial charge in [-0.2, -0.15) is 0 Å². The van der Waals surface area contributed by atoms with Crippen LogP contribution in [-0.4, -0.2) is 60.8 Å². The van der Waals surface area contributed by atoms with Crippen LogP contribution < -0.4 is 0 Å². The molecule has 7 heteroatoms. The van der Waals surface area contributed by atoms with Crippen LogP contribution in [0.3, 0.4) is 0 Å². The van der Waals surface area contributed by atoms with Crippen molar-refractivity contribution in [3.63, 3.8) is 0 Å². The number of amides is 2. The third-order valence-corrected chi connectivity index (χ3v) is 6.80. The number of hydrogen-bond acceptors (Lipinski definition) is 5. The van der Waals surface area contributed by atoms with E-state index < -0.39 is 9.84 Å². The number of allylic oxidation sites excluding steroid dienone is 2. The van der Waals surface area contributed by atoms with Gasteiger partial charge in [0.2, 0.25) is 11.8 Å². The van der Waals surface area contributed by atoms with Crippen molar-refractivity contribution < 1.29 is 18.0 Å². The molecule has 3 rings (SSSR count). The predicted octanol–water partition coefficient (Wildman–Crippen LogP) is 0.404. The summed E-state index contributed by atoms with van der Waals surface area (Å²) in [5, 5.41) is 0. The Kier molecular flexibility index (Phi) is 4.11. The van der Waals surface area contributed by atoms with E-state index in [-0.39, 0.29) is 47.9 Å². The summed E-state index contributed by atoms with van der Waals surface area (Å²) in [5.74, 6) is -0.305. The van der Waals surface area contributed by atoms with Crippen LogP contribution in [0.15, 0.2) is 12.2 Å². The molecule has 122 valence electrons. The molecule has 0 radical (unpaired) electrons. The van der Waals surface area contributed by atoms with Crippen LogP contribution in [0.2, 0.25) is 0 Å². The smallest absolute Gasteiger partial charge is 0.234 e. The van der Waals surface area contributed by atoms with E-state index in [1.807, 2.05) is 24.0 Å². The number of nitrogens with zero attached hydrogens (tertiary/aromatic N) is 2. The second-order valence-electron chi connectivity index (χ2n) is 6.36. The Morgan fingerprint density at radius 2 is 1.77 bits per heavy atom. The molecule has 1 aliphatic carbocycles. The van der Waals surface area contributed by atoms with Crippen molar-refractivity contribution in [2.75, 3.05) is 24.7 Å². The predicted molar refractivity (Wildman–Crippen MR) is 81.5 cm³/mol. The normalized spacial score (nSPS) is 33.7. The third kappa shape index (κ3) is 2.72. The number of likely N-dealkylation sites (tertiary alicyclic amines) is 1. The molecule has 2 aliphatic heterocycles. The molecule has 0 aromatic rings. The van der Waals surface area contributed by atoms with Gasteiger partial charge in [0.05, 0.1) is 30.0 Å². The van der Waals surface area contributed by atoms with E-state index in [1.165, 1.54) is 4.90 Å². The maximum atomic E-state index is 12.5. The summed E-state index contributed by atoms with van der Waals surface area (Å²) in [6.45, 7) is 2.79. The van der Waals surface area contributed by atoms with Gasteiger partial charge in [0.15, 0.2) is 9.84 Å². The average Bonchev–Trinajstić information content (AvgIpc) is 2.97. The van der Waals surface area contributed by atoms with Crippen molar-refractivity contribution in [3.05, 3.63) is 12.2 Å². The highest BCUT2D eigenvalue weighted by Crippen LogP contribution is 2.35. The molecule has 0 bridgehead atoms. The fraction of sp³-hybridized carbons (Fsp3) is 0.733. The highest BCUT2D eigenvalue weighted by atomic mass is 32.2. The van der Waals surface area contributed by atoms with E-state index in [1.54, 1.807) is 0 Å². The van der Waals surface area contributed by atoms with Crippen LogP contribution in [0.1, 0.15) is 26.2 Å². The number of carbonyl (C=O) groups excluding carboxylic acids is 2. The van der Waals surface area contributed by atoms with Crippen molar-refractivity contribution in [2.45, 2.75) is 32.2 Å². The lowest BCUT2D eigenvalue weighted by atomic mass is 9.85. The number of hydrogen-bond donors (Lipinski definition) is 0. The molecule has 2 saturated heterocycles. The molecule has 2 heterocycles. The van der Waals surface area contributed by atoms with Crippen LogP contribution in [0, 0.1) is 11.8 Å². The van der Waals surface area contributed by atoms with Crippen molar-refractivity contribution in [2.24, 2.45) is 11.8 Å². The molecule has 2 amide bonds. The Hall–Kier alpha value is -1.21. The second kappa shape index (κ2) is 5.77. The van der Waals surface area contributed by atoms with Gasteiger partial charge in [0.1, 0.15) is 0 Å². The molecule has 0 aromatic heterocycles. The molecule has 2 fully saturated rings. The van der Waals surface area contributed by atoms with Crippen molar-refractivity contribution in [1.82, 2.24) is 9.80 Å². The largest absolute Gasteiger partial charge is 0.282 e. The summed E-state index contributed by atoms with van der Waals surface area (Å²) in [5.41, 5.74) is 0. The first-order chi connectivity index (χ1) is 10.4. The number of imide groups is 1. The Balaban J connectivity index is 1.72. The monoisotopic (exact) mass is 326 g/mol. The summed E-state index contributed by atoms with van der Waals surface area (Å²) in [6, 6.07) is -0.0867. The number of sulfone groups is 1. The van der Waals surface area contributed by atoms with Gasteiger partial charge in [-0.15, -0.1) is 0 Å². The van der Waals surface area contributed by atoms with Gasteiger partial charge in [-0.05, 0) is 25.8 Å². The number of rotatable bonds is 4. The standard InChI is InChI=1S/C15H22N2O4S/c1-2-16(11-7-8-22(20,21)9-11)10-17-14(18)12-5-3-4-6-13(12)15(17)19/h3-4,11-13H,2,5-10H2,1H3/t11-,12-,13+/m0/s1. The SMILES string of the molecule is CCN(CN1C(=O)[C@H]2CC=CC[C@H]2C1=O)[C@H]1CCS(=O)(=O)C1. The Bertz CT molecular complexity index is 587. The van der Waals surface area contributed by atoms with Gasteiger partial charge in [-0.3, -0.25) is 19.4 Å². The van der Waals surface area contributed by atoms with Crippen molar-refractivity contribution in [3.8, 4) is 0 Å². The van der Waals surface area contributed by atoms with E-state index in [2.05, 4.69) is 0 Å². The summed E-state index contributed by atoms with van der Waals surface area (Å²) < 4.78 is 23.3. The molecule has 6 nitrogen and oxygen atoms in total. The van der Waals surface area contributed by atoms with Gasteiger partial charge in [-0.1, -0.05) is 19.1 Å². The Morgan fingerprint density at radius 3 is 2.23 bits per heavy atom. The molecule has 0 spiro atoms. The summed E-state index contributed by atoms with van der Waals surface area (Å²) >= 11 is 0. The fourth-order valence-electron chi connectivity index (χ4n) is 3.73. The van der Waals surface area contributed by atoms with Gasteiger partial charge >= 0.3 is 0 Å². The highest BCUT2D eigenvalue weighted by Gasteiger charge is 2.48. The first kappa shape index (κ1) is 15.7. The third-order valence-electron chi connectivity index (χ3n) is 5.05. The molecule has 3 atom stereocenters. The molecular weight excluding hydrogens is 304 g/mol. The van der Waals surface area contributed by atoms with E-state index >= 15 is 0 Å². The summed E-state index contributed by atoms with van der Waals surface area (Å²) in [6.07, 6.45) is 5.79. The van der Waals surface area contributed by atoms with Crippen LogP contribution in [0.25, 0.3) is 0 Å². The molecule has 0 N–H and O–H groups in total. The summed E-state index contributed by atoms with van der Waals surface area (Å²) in [4.78, 5) is 28.2. The molecule has 0 aromatic carbocycles. The average molecular weight is 326 g/mol. The fourth-order valence-corrected chi connectivity index (χ4v) is 5.49. The van der Waals surface area contributed by atoms with Gasteiger partial charge < -0.3 is 0 Å². The van der Waals surface area contributed by atoms with E-state index in [9.17, 15) is 18.0 Å². The minimum absolute atomic E-state index is 0.0867. The highest BCUT2D eigenvalue weighted by molar-refractivity contribution is 7.91. The Labute approximate surface area is 131 Å². The van der Waals surface area contributed by atoms with Crippen LogP contribution >= 0.6 is 0 Å². The molecule has 22 heavy (non-hydrogen) atoms. The first-order valence-electron chi connectivity index (χ1n) is 7.87. The van der Waals surface area contributed by atoms with Gasteiger partial charge in [0, 0.05) is 6.04 Å².